The van der Waals surface area contributed by atoms with Crippen molar-refractivity contribution < 1.29 is 13.2 Å². The maximum atomic E-state index is 12.6. The van der Waals surface area contributed by atoms with Crippen LogP contribution in [0.2, 0.25) is 5.02 Å². The summed E-state index contributed by atoms with van der Waals surface area (Å²) in [6.07, 6.45) is -4.45. The fourth-order valence-corrected chi connectivity index (χ4v) is 1.76. The Labute approximate surface area is 92.1 Å². The molecular weight excluding hydrogens is 249 g/mol. The zero-order valence-electron chi connectivity index (χ0n) is 7.07. The minimum absolute atomic E-state index is 0.0140. The molecule has 0 unspecified atom stereocenters. The van der Waals surface area contributed by atoms with Crippen molar-refractivity contribution in [2.75, 3.05) is 0 Å². The van der Waals surface area contributed by atoms with E-state index >= 15 is 0 Å². The molecule has 2 nitrogen and oxygen atoms in total. The highest BCUT2D eigenvalue weighted by Crippen LogP contribution is 2.35. The standard InChI is InChI=1S/C8H4ClF3N2S/c9-3-1-4(8(10,11)12)6-5(2-3)13-7(15)14-6/h1-2H,(H2,13,14,15). The van der Waals surface area contributed by atoms with E-state index in [1.54, 1.807) is 0 Å². The van der Waals surface area contributed by atoms with Crippen LogP contribution in [-0.4, -0.2) is 9.97 Å². The summed E-state index contributed by atoms with van der Waals surface area (Å²) in [5.41, 5.74) is -0.644. The smallest absolute Gasteiger partial charge is 0.331 e. The first kappa shape index (κ1) is 10.5. The second-order valence-electron chi connectivity index (χ2n) is 2.95. The number of rotatable bonds is 0. The van der Waals surface area contributed by atoms with Crippen molar-refractivity contribution in [3.63, 3.8) is 0 Å². The van der Waals surface area contributed by atoms with Crippen LogP contribution in [0.5, 0.6) is 0 Å². The van der Waals surface area contributed by atoms with Gasteiger partial charge in [0.1, 0.15) is 0 Å². The fourth-order valence-electron chi connectivity index (χ4n) is 1.33. The van der Waals surface area contributed by atoms with Crippen molar-refractivity contribution in [2.45, 2.75) is 6.18 Å². The first-order valence-corrected chi connectivity index (χ1v) is 4.65. The van der Waals surface area contributed by atoms with Gasteiger partial charge in [-0.05, 0) is 24.4 Å². The summed E-state index contributed by atoms with van der Waals surface area (Å²) >= 11 is 10.3. The van der Waals surface area contributed by atoms with Crippen LogP contribution in [0.4, 0.5) is 13.2 Å². The third kappa shape index (κ3) is 1.87. The first-order chi connectivity index (χ1) is 6.88. The molecule has 0 bridgehead atoms. The van der Waals surface area contributed by atoms with Crippen molar-refractivity contribution in [3.8, 4) is 0 Å². The molecule has 0 fully saturated rings. The number of benzene rings is 1. The number of alkyl halides is 3. The van der Waals surface area contributed by atoms with Crippen LogP contribution in [0, 0.1) is 4.77 Å². The monoisotopic (exact) mass is 252 g/mol. The van der Waals surface area contributed by atoms with Crippen molar-refractivity contribution >= 4 is 34.9 Å². The van der Waals surface area contributed by atoms with E-state index in [-0.39, 0.29) is 20.8 Å². The maximum Gasteiger partial charge on any atom is 0.418 e. The maximum absolute atomic E-state index is 12.6. The third-order valence-electron chi connectivity index (χ3n) is 1.90. The summed E-state index contributed by atoms with van der Waals surface area (Å²) in [7, 11) is 0. The van der Waals surface area contributed by atoms with Gasteiger partial charge in [0.15, 0.2) is 4.77 Å². The molecule has 0 radical (unpaired) electrons. The molecule has 0 spiro atoms. The van der Waals surface area contributed by atoms with Crippen LogP contribution in [0.1, 0.15) is 5.56 Å². The highest BCUT2D eigenvalue weighted by Gasteiger charge is 2.33. The lowest BCUT2D eigenvalue weighted by molar-refractivity contribution is -0.136. The van der Waals surface area contributed by atoms with E-state index in [2.05, 4.69) is 9.97 Å². The summed E-state index contributed by atoms with van der Waals surface area (Å²) in [4.78, 5) is 5.03. The third-order valence-corrected chi connectivity index (χ3v) is 2.32. The van der Waals surface area contributed by atoms with E-state index in [0.717, 1.165) is 6.07 Å². The molecule has 1 aromatic heterocycles. The van der Waals surface area contributed by atoms with Gasteiger partial charge in [-0.3, -0.25) is 0 Å². The van der Waals surface area contributed by atoms with E-state index < -0.39 is 11.7 Å². The number of hydrogen-bond donors (Lipinski definition) is 2. The van der Waals surface area contributed by atoms with Gasteiger partial charge >= 0.3 is 6.18 Å². The number of hydrogen-bond acceptors (Lipinski definition) is 1. The summed E-state index contributed by atoms with van der Waals surface area (Å²) in [6, 6.07) is 2.25. The van der Waals surface area contributed by atoms with Gasteiger partial charge in [0.2, 0.25) is 0 Å². The Hall–Kier alpha value is -1.01. The first-order valence-electron chi connectivity index (χ1n) is 3.86. The Morgan fingerprint density at radius 1 is 1.20 bits per heavy atom. The second kappa shape index (κ2) is 3.24. The number of aromatic amines is 2. The molecule has 0 aliphatic carbocycles. The quantitative estimate of drug-likeness (QED) is 0.685. The Balaban J connectivity index is 2.88. The summed E-state index contributed by atoms with van der Waals surface area (Å²) < 4.78 is 37.9. The van der Waals surface area contributed by atoms with Gasteiger partial charge in [-0.1, -0.05) is 11.6 Å². The van der Waals surface area contributed by atoms with E-state index in [0.29, 0.717) is 0 Å². The van der Waals surface area contributed by atoms with Crippen LogP contribution >= 0.6 is 23.8 Å². The van der Waals surface area contributed by atoms with E-state index in [1.165, 1.54) is 6.07 Å². The van der Waals surface area contributed by atoms with Gasteiger partial charge in [0.05, 0.1) is 16.6 Å². The van der Waals surface area contributed by atoms with Gasteiger partial charge in [-0.2, -0.15) is 13.2 Å². The van der Waals surface area contributed by atoms with Crippen LogP contribution in [0.3, 0.4) is 0 Å². The molecule has 80 valence electrons. The molecule has 7 heteroatoms. The SMILES string of the molecule is FC(F)(F)c1cc(Cl)cc2[nH]c(=S)[nH]c12. The van der Waals surface area contributed by atoms with Gasteiger partial charge in [-0.25, -0.2) is 0 Å². The lowest BCUT2D eigenvalue weighted by Gasteiger charge is -2.07. The fraction of sp³-hybridized carbons (Fsp3) is 0.125. The molecule has 2 N–H and O–H groups in total. The predicted octanol–water partition coefficient (Wildman–Crippen LogP) is 3.90. The normalized spacial score (nSPS) is 12.3. The second-order valence-corrected chi connectivity index (χ2v) is 3.80. The van der Waals surface area contributed by atoms with Crippen LogP contribution in [0.15, 0.2) is 12.1 Å². The topological polar surface area (TPSA) is 31.6 Å². The molecule has 0 aliphatic heterocycles. The molecule has 1 aromatic carbocycles. The number of imidazole rings is 1. The Kier molecular flexibility index (Phi) is 2.27. The van der Waals surface area contributed by atoms with Gasteiger partial charge in [0, 0.05) is 5.02 Å². The molecule has 2 rings (SSSR count). The summed E-state index contributed by atoms with van der Waals surface area (Å²) in [6.45, 7) is 0. The van der Waals surface area contributed by atoms with Crippen molar-refractivity contribution in [3.05, 3.63) is 27.5 Å². The number of aromatic nitrogens is 2. The van der Waals surface area contributed by atoms with E-state index in [4.69, 9.17) is 23.8 Å². The van der Waals surface area contributed by atoms with Crippen LogP contribution in [0.25, 0.3) is 11.0 Å². The van der Waals surface area contributed by atoms with Crippen molar-refractivity contribution in [1.29, 1.82) is 0 Å². The highest BCUT2D eigenvalue weighted by atomic mass is 35.5. The number of nitrogens with one attached hydrogen (secondary N) is 2. The Morgan fingerprint density at radius 2 is 1.87 bits per heavy atom. The largest absolute Gasteiger partial charge is 0.418 e. The number of fused-ring (bicyclic) bond motifs is 1. The lowest BCUT2D eigenvalue weighted by atomic mass is 10.2. The molecular formula is C8H4ClF3N2S. The van der Waals surface area contributed by atoms with Crippen LogP contribution in [-0.2, 0) is 6.18 Å². The highest BCUT2D eigenvalue weighted by molar-refractivity contribution is 7.71. The van der Waals surface area contributed by atoms with Gasteiger partial charge in [-0.15, -0.1) is 0 Å². The van der Waals surface area contributed by atoms with E-state index in [9.17, 15) is 13.2 Å². The van der Waals surface area contributed by atoms with E-state index in [1.807, 2.05) is 0 Å². The van der Waals surface area contributed by atoms with Crippen LogP contribution < -0.4 is 0 Å². The molecule has 0 amide bonds. The molecule has 0 atom stereocenters. The average molecular weight is 253 g/mol. The average Bonchev–Trinajstić information content (AvgIpc) is 2.41. The molecule has 0 saturated carbocycles. The summed E-state index contributed by atoms with van der Waals surface area (Å²) in [5.74, 6) is 0. The predicted molar refractivity (Wildman–Crippen MR) is 53.5 cm³/mol. The molecule has 15 heavy (non-hydrogen) atoms. The molecule has 0 saturated heterocycles. The minimum Gasteiger partial charge on any atom is -0.331 e. The Morgan fingerprint density at radius 3 is 2.47 bits per heavy atom. The lowest BCUT2D eigenvalue weighted by Crippen LogP contribution is -2.05. The van der Waals surface area contributed by atoms with Crippen molar-refractivity contribution in [1.82, 2.24) is 9.97 Å². The van der Waals surface area contributed by atoms with Gasteiger partial charge in [0.25, 0.3) is 0 Å². The van der Waals surface area contributed by atoms with Crippen molar-refractivity contribution in [2.24, 2.45) is 0 Å². The zero-order chi connectivity index (χ0) is 11.2. The molecule has 2 aromatic rings. The summed E-state index contributed by atoms with van der Waals surface area (Å²) in [5, 5.41) is 0.0140. The Bertz CT molecular complexity index is 569. The number of H-pyrrole nitrogens is 2. The minimum atomic E-state index is -4.45. The molecule has 1 heterocycles. The number of halogens is 4. The van der Waals surface area contributed by atoms with Gasteiger partial charge < -0.3 is 9.97 Å². The zero-order valence-corrected chi connectivity index (χ0v) is 8.65. The molecule has 0 aliphatic rings.